The Kier molecular flexibility index (Phi) is 6.60. The molecule has 4 rings (SSSR count). The average Bonchev–Trinajstić information content (AvgIpc) is 3.38. The summed E-state index contributed by atoms with van der Waals surface area (Å²) in [5.74, 6) is -1.96. The highest BCUT2D eigenvalue weighted by Gasteiger charge is 2.42. The van der Waals surface area contributed by atoms with Gasteiger partial charge in [-0.1, -0.05) is 43.7 Å². The summed E-state index contributed by atoms with van der Waals surface area (Å²) in [6, 6.07) is 6.39. The number of amides is 1. The van der Waals surface area contributed by atoms with Crippen molar-refractivity contribution in [3.63, 3.8) is 0 Å². The predicted octanol–water partition coefficient (Wildman–Crippen LogP) is 5.70. The molecule has 1 aromatic carbocycles. The van der Waals surface area contributed by atoms with Gasteiger partial charge in [0.05, 0.1) is 17.7 Å². The number of hydrogen-bond donors (Lipinski definition) is 0. The van der Waals surface area contributed by atoms with Crippen molar-refractivity contribution in [1.29, 1.82) is 0 Å². The monoisotopic (exact) mass is 483 g/mol. The normalized spacial score (nSPS) is 19.3. The highest BCUT2D eigenvalue weighted by molar-refractivity contribution is 6.00. The van der Waals surface area contributed by atoms with Crippen molar-refractivity contribution in [3.05, 3.63) is 54.2 Å². The second-order valence-electron chi connectivity index (χ2n) is 10.4. The Bertz CT molecular complexity index is 1110. The van der Waals surface area contributed by atoms with Gasteiger partial charge in [0.15, 0.2) is 5.82 Å². The van der Waals surface area contributed by atoms with Gasteiger partial charge in [-0.3, -0.25) is 4.79 Å². The first-order valence-electron chi connectivity index (χ1n) is 12.2. The number of carbonyl (C=O) groups is 1. The van der Waals surface area contributed by atoms with Crippen LogP contribution >= 0.6 is 0 Å². The molecule has 2 aliphatic rings. The zero-order valence-corrected chi connectivity index (χ0v) is 21.3. The Morgan fingerprint density at radius 1 is 1.26 bits per heavy atom. The van der Waals surface area contributed by atoms with E-state index in [2.05, 4.69) is 16.5 Å². The van der Waals surface area contributed by atoms with Crippen LogP contribution in [0.15, 0.2) is 43.1 Å². The number of aromatic nitrogens is 2. The molecule has 188 valence electrons. The summed E-state index contributed by atoms with van der Waals surface area (Å²) in [6.45, 7) is 9.69. The molecule has 0 radical (unpaired) electrons. The van der Waals surface area contributed by atoms with Crippen LogP contribution in [0.4, 0.5) is 26.2 Å². The molecular formula is C27H35F2N5O. The van der Waals surface area contributed by atoms with Gasteiger partial charge < -0.3 is 14.7 Å². The molecule has 2 aromatic rings. The average molecular weight is 484 g/mol. The summed E-state index contributed by atoms with van der Waals surface area (Å²) in [5.41, 5.74) is 0.506. The van der Waals surface area contributed by atoms with Crippen LogP contribution in [0, 0.1) is 5.41 Å². The van der Waals surface area contributed by atoms with E-state index in [-0.39, 0.29) is 11.5 Å². The van der Waals surface area contributed by atoms with Gasteiger partial charge in [0.2, 0.25) is 11.9 Å². The second kappa shape index (κ2) is 9.21. The van der Waals surface area contributed by atoms with E-state index in [1.54, 1.807) is 36.3 Å². The van der Waals surface area contributed by atoms with Gasteiger partial charge in [0.25, 0.3) is 5.92 Å². The Labute approximate surface area is 206 Å². The molecule has 35 heavy (non-hydrogen) atoms. The molecular weight excluding hydrogens is 448 g/mol. The number of carbonyl (C=O) groups excluding carboxylic acids is 1. The van der Waals surface area contributed by atoms with E-state index in [0.717, 1.165) is 31.5 Å². The van der Waals surface area contributed by atoms with Crippen LogP contribution in [0.2, 0.25) is 0 Å². The maximum Gasteiger partial charge on any atom is 0.291 e. The highest BCUT2D eigenvalue weighted by atomic mass is 19.3. The lowest BCUT2D eigenvalue weighted by molar-refractivity contribution is -0.125. The molecule has 1 aliphatic carbocycles. The van der Waals surface area contributed by atoms with Gasteiger partial charge in [-0.15, -0.1) is 0 Å². The zero-order valence-electron chi connectivity index (χ0n) is 21.3. The van der Waals surface area contributed by atoms with E-state index in [4.69, 9.17) is 4.98 Å². The zero-order chi connectivity index (χ0) is 25.5. The van der Waals surface area contributed by atoms with Gasteiger partial charge in [-0.05, 0) is 45.3 Å². The van der Waals surface area contributed by atoms with Crippen molar-refractivity contribution in [2.45, 2.75) is 64.5 Å². The molecule has 0 saturated heterocycles. The van der Waals surface area contributed by atoms with Crippen molar-refractivity contribution in [3.8, 4) is 0 Å². The third kappa shape index (κ3) is 4.50. The van der Waals surface area contributed by atoms with Crippen molar-refractivity contribution in [1.82, 2.24) is 9.97 Å². The lowest BCUT2D eigenvalue weighted by Gasteiger charge is -2.34. The van der Waals surface area contributed by atoms with Crippen molar-refractivity contribution >= 4 is 23.4 Å². The van der Waals surface area contributed by atoms with Crippen LogP contribution in [-0.2, 0) is 10.7 Å². The smallest absolute Gasteiger partial charge is 0.291 e. The lowest BCUT2D eigenvalue weighted by Crippen LogP contribution is -2.45. The van der Waals surface area contributed by atoms with Crippen LogP contribution in [-0.4, -0.2) is 42.6 Å². The van der Waals surface area contributed by atoms with Gasteiger partial charge >= 0.3 is 0 Å². The fourth-order valence-corrected chi connectivity index (χ4v) is 5.28. The predicted molar refractivity (Wildman–Crippen MR) is 136 cm³/mol. The van der Waals surface area contributed by atoms with E-state index in [9.17, 15) is 13.6 Å². The fourth-order valence-electron chi connectivity index (χ4n) is 5.28. The van der Waals surface area contributed by atoms with E-state index < -0.39 is 17.4 Å². The SMILES string of the molecule is C=CC(F)(F)c1ccccc1[C@H](C)N(C)c1ncc2c(n1)N(C1CCCC1)CC(C)(C)C(=O)N2C. The van der Waals surface area contributed by atoms with Crippen LogP contribution in [0.25, 0.3) is 0 Å². The van der Waals surface area contributed by atoms with Crippen LogP contribution in [0.3, 0.4) is 0 Å². The molecule has 8 heteroatoms. The standard InChI is InChI=1S/C27H35F2N5O/c1-7-27(28,29)21-15-11-10-14-20(21)18(2)32(5)25-30-16-22-23(31-25)34(19-12-8-9-13-19)17-26(3,4)24(35)33(22)6/h7,10-11,14-16,18-19H,1,8-9,12-13,17H2,2-6H3/t18-/m0/s1. The van der Waals surface area contributed by atoms with Crippen molar-refractivity contribution < 1.29 is 13.6 Å². The maximum absolute atomic E-state index is 14.6. The third-order valence-corrected chi connectivity index (χ3v) is 7.51. The van der Waals surface area contributed by atoms with Crippen LogP contribution in [0.1, 0.15) is 63.6 Å². The first kappa shape index (κ1) is 25.1. The summed E-state index contributed by atoms with van der Waals surface area (Å²) in [7, 11) is 3.58. The summed E-state index contributed by atoms with van der Waals surface area (Å²) in [4.78, 5) is 28.5. The molecule has 6 nitrogen and oxygen atoms in total. The van der Waals surface area contributed by atoms with E-state index in [1.165, 1.54) is 6.07 Å². The molecule has 2 heterocycles. The largest absolute Gasteiger partial charge is 0.351 e. The Morgan fingerprint density at radius 2 is 1.91 bits per heavy atom. The summed E-state index contributed by atoms with van der Waals surface area (Å²) in [5, 5.41) is 0. The molecule has 0 unspecified atom stereocenters. The van der Waals surface area contributed by atoms with E-state index >= 15 is 0 Å². The second-order valence-corrected chi connectivity index (χ2v) is 10.4. The molecule has 1 atom stereocenters. The molecule has 1 amide bonds. The van der Waals surface area contributed by atoms with E-state index in [1.807, 2.05) is 32.7 Å². The molecule has 1 fully saturated rings. The fraction of sp³-hybridized carbons (Fsp3) is 0.519. The quantitative estimate of drug-likeness (QED) is 0.493. The number of halogens is 2. The van der Waals surface area contributed by atoms with Crippen molar-refractivity contribution in [2.75, 3.05) is 35.3 Å². The number of nitrogens with zero attached hydrogens (tertiary/aromatic N) is 5. The van der Waals surface area contributed by atoms with Crippen LogP contribution < -0.4 is 14.7 Å². The van der Waals surface area contributed by atoms with E-state index in [0.29, 0.717) is 35.9 Å². The number of hydrogen-bond acceptors (Lipinski definition) is 5. The highest BCUT2D eigenvalue weighted by Crippen LogP contribution is 2.41. The number of anilines is 3. The number of alkyl halides is 2. The summed E-state index contributed by atoms with van der Waals surface area (Å²) in [6.07, 6.45) is 6.79. The Morgan fingerprint density at radius 3 is 2.57 bits per heavy atom. The third-order valence-electron chi connectivity index (χ3n) is 7.51. The number of allylic oxidation sites excluding steroid dienone is 1. The molecule has 1 saturated carbocycles. The summed E-state index contributed by atoms with van der Waals surface area (Å²) < 4.78 is 29.2. The maximum atomic E-state index is 14.6. The first-order valence-corrected chi connectivity index (χ1v) is 12.2. The van der Waals surface area contributed by atoms with Gasteiger partial charge in [-0.25, -0.2) is 4.98 Å². The van der Waals surface area contributed by atoms with Gasteiger partial charge in [-0.2, -0.15) is 13.8 Å². The molecule has 1 aromatic heterocycles. The minimum Gasteiger partial charge on any atom is -0.351 e. The number of rotatable bonds is 6. The summed E-state index contributed by atoms with van der Waals surface area (Å²) >= 11 is 0. The van der Waals surface area contributed by atoms with Gasteiger partial charge in [0, 0.05) is 32.2 Å². The van der Waals surface area contributed by atoms with Crippen molar-refractivity contribution in [2.24, 2.45) is 5.41 Å². The molecule has 1 aliphatic heterocycles. The van der Waals surface area contributed by atoms with Gasteiger partial charge in [0.1, 0.15) is 5.69 Å². The Hall–Kier alpha value is -3.03. The van der Waals surface area contributed by atoms with Crippen LogP contribution in [0.5, 0.6) is 0 Å². The number of benzene rings is 1. The molecule has 0 spiro atoms. The molecule has 0 bridgehead atoms. The molecule has 0 N–H and O–H groups in total. The minimum atomic E-state index is -3.14. The topological polar surface area (TPSA) is 52.6 Å². The Balaban J connectivity index is 1.76. The first-order chi connectivity index (χ1) is 16.5. The number of fused-ring (bicyclic) bond motifs is 1. The lowest BCUT2D eigenvalue weighted by atomic mass is 9.91. The minimum absolute atomic E-state index is 0.0258.